The van der Waals surface area contributed by atoms with Crippen LogP contribution in [0, 0.1) is 19.3 Å². The highest BCUT2D eigenvalue weighted by atomic mass is 16.4. The van der Waals surface area contributed by atoms with Crippen LogP contribution in [0.5, 0.6) is 0 Å². The molecule has 0 aliphatic carbocycles. The van der Waals surface area contributed by atoms with E-state index in [1.54, 1.807) is 6.20 Å². The molecule has 0 saturated carbocycles. The Balaban J connectivity index is 1.91. The lowest BCUT2D eigenvalue weighted by molar-refractivity contribution is -0.158. The van der Waals surface area contributed by atoms with Gasteiger partial charge >= 0.3 is 5.97 Å². The Morgan fingerprint density at radius 1 is 1.36 bits per heavy atom. The maximum atomic E-state index is 11.9. The van der Waals surface area contributed by atoms with Gasteiger partial charge < -0.3 is 14.9 Å². The average molecular weight is 304 g/mol. The summed E-state index contributed by atoms with van der Waals surface area (Å²) in [4.78, 5) is 25.4. The van der Waals surface area contributed by atoms with E-state index in [1.807, 2.05) is 20.9 Å². The lowest BCUT2D eigenvalue weighted by Crippen LogP contribution is -2.63. The second-order valence-electron chi connectivity index (χ2n) is 6.68. The summed E-state index contributed by atoms with van der Waals surface area (Å²) in [6.07, 6.45) is 4.19. The second-order valence-corrected chi connectivity index (χ2v) is 6.68. The predicted molar refractivity (Wildman–Crippen MR) is 84.1 cm³/mol. The summed E-state index contributed by atoms with van der Waals surface area (Å²) in [5, 5.41) is 9.82. The van der Waals surface area contributed by atoms with Crippen molar-refractivity contribution in [2.75, 3.05) is 31.6 Å². The monoisotopic (exact) mass is 304 g/mol. The molecule has 0 unspecified atom stereocenters. The molecule has 2 atom stereocenters. The average Bonchev–Trinajstić information content (AvgIpc) is 2.49. The first-order valence-electron chi connectivity index (χ1n) is 7.93. The third kappa shape index (κ3) is 2.35. The number of nitrogens with zero attached hydrogens (tertiary/aromatic N) is 4. The third-order valence-corrected chi connectivity index (χ3v) is 5.30. The molecule has 0 spiro atoms. The SMILES string of the molecule is Cc1cnc(C)c(N2CC[C@@]3(C(=O)O)CCCN(C)[C@@H]3C2)n1. The van der Waals surface area contributed by atoms with Crippen LogP contribution in [-0.4, -0.2) is 58.7 Å². The van der Waals surface area contributed by atoms with Gasteiger partial charge in [0.1, 0.15) is 5.82 Å². The quantitative estimate of drug-likeness (QED) is 0.892. The Labute approximate surface area is 131 Å². The van der Waals surface area contributed by atoms with Crippen molar-refractivity contribution in [3.8, 4) is 0 Å². The second kappa shape index (κ2) is 5.50. The summed E-state index contributed by atoms with van der Waals surface area (Å²) in [5.74, 6) is 0.258. The van der Waals surface area contributed by atoms with E-state index in [0.29, 0.717) is 13.0 Å². The molecule has 120 valence electrons. The molecule has 1 aromatic heterocycles. The highest BCUT2D eigenvalue weighted by Crippen LogP contribution is 2.43. The van der Waals surface area contributed by atoms with E-state index in [1.165, 1.54) is 0 Å². The van der Waals surface area contributed by atoms with Gasteiger partial charge in [-0.15, -0.1) is 0 Å². The highest BCUT2D eigenvalue weighted by molar-refractivity contribution is 5.76. The van der Waals surface area contributed by atoms with Crippen LogP contribution in [-0.2, 0) is 4.79 Å². The van der Waals surface area contributed by atoms with Crippen molar-refractivity contribution in [1.29, 1.82) is 0 Å². The Morgan fingerprint density at radius 3 is 2.86 bits per heavy atom. The van der Waals surface area contributed by atoms with E-state index in [4.69, 9.17) is 0 Å². The molecule has 22 heavy (non-hydrogen) atoms. The van der Waals surface area contributed by atoms with Crippen molar-refractivity contribution >= 4 is 11.8 Å². The first-order chi connectivity index (χ1) is 10.4. The van der Waals surface area contributed by atoms with Gasteiger partial charge in [0.15, 0.2) is 0 Å². The maximum Gasteiger partial charge on any atom is 0.311 e. The van der Waals surface area contributed by atoms with Gasteiger partial charge in [0.2, 0.25) is 0 Å². The van der Waals surface area contributed by atoms with Crippen LogP contribution in [0.1, 0.15) is 30.7 Å². The number of likely N-dealkylation sites (N-methyl/N-ethyl adjacent to an activating group) is 1. The topological polar surface area (TPSA) is 69.6 Å². The molecule has 2 saturated heterocycles. The van der Waals surface area contributed by atoms with Gasteiger partial charge in [0.25, 0.3) is 0 Å². The molecule has 0 amide bonds. The Bertz CT molecular complexity index is 592. The number of carbonyl (C=O) groups is 1. The van der Waals surface area contributed by atoms with Crippen LogP contribution in [0.3, 0.4) is 0 Å². The molecular weight excluding hydrogens is 280 g/mol. The summed E-state index contributed by atoms with van der Waals surface area (Å²) in [5.41, 5.74) is 1.20. The van der Waals surface area contributed by atoms with Crippen LogP contribution >= 0.6 is 0 Å². The molecule has 1 aromatic rings. The molecule has 6 nitrogen and oxygen atoms in total. The maximum absolute atomic E-state index is 11.9. The molecule has 2 aliphatic rings. The van der Waals surface area contributed by atoms with Crippen molar-refractivity contribution in [3.63, 3.8) is 0 Å². The number of fused-ring (bicyclic) bond motifs is 1. The summed E-state index contributed by atoms with van der Waals surface area (Å²) < 4.78 is 0. The van der Waals surface area contributed by atoms with Gasteiger partial charge in [-0.3, -0.25) is 9.78 Å². The van der Waals surface area contributed by atoms with Gasteiger partial charge in [-0.25, -0.2) is 4.98 Å². The van der Waals surface area contributed by atoms with Crippen LogP contribution in [0.2, 0.25) is 0 Å². The fraction of sp³-hybridized carbons (Fsp3) is 0.688. The first-order valence-corrected chi connectivity index (χ1v) is 7.93. The fourth-order valence-electron chi connectivity index (χ4n) is 4.00. The van der Waals surface area contributed by atoms with Gasteiger partial charge in [-0.05, 0) is 46.7 Å². The molecule has 2 aliphatic heterocycles. The number of aryl methyl sites for hydroxylation is 2. The van der Waals surface area contributed by atoms with Crippen LogP contribution in [0.15, 0.2) is 6.20 Å². The highest BCUT2D eigenvalue weighted by Gasteiger charge is 2.52. The van der Waals surface area contributed by atoms with Gasteiger partial charge in [0.05, 0.1) is 16.8 Å². The first kappa shape index (κ1) is 15.2. The molecule has 2 fully saturated rings. The third-order valence-electron chi connectivity index (χ3n) is 5.30. The molecule has 1 N–H and O–H groups in total. The normalized spacial score (nSPS) is 29.2. The van der Waals surface area contributed by atoms with Gasteiger partial charge in [-0.1, -0.05) is 0 Å². The zero-order valence-corrected chi connectivity index (χ0v) is 13.5. The van der Waals surface area contributed by atoms with Crippen LogP contribution < -0.4 is 4.90 Å². The zero-order valence-electron chi connectivity index (χ0n) is 13.5. The number of carboxylic acids is 1. The number of piperidine rings is 2. The van der Waals surface area contributed by atoms with Crippen molar-refractivity contribution in [1.82, 2.24) is 14.9 Å². The largest absolute Gasteiger partial charge is 0.481 e. The number of aromatic nitrogens is 2. The summed E-state index contributed by atoms with van der Waals surface area (Å²) in [6, 6.07) is 0.0363. The number of anilines is 1. The summed E-state index contributed by atoms with van der Waals surface area (Å²) in [6.45, 7) is 6.31. The molecular formula is C16H24N4O2. The van der Waals surface area contributed by atoms with Gasteiger partial charge in [0, 0.05) is 25.3 Å². The number of carboxylic acid groups (broad SMARTS) is 1. The van der Waals surface area contributed by atoms with Crippen molar-refractivity contribution in [2.45, 2.75) is 39.2 Å². The number of rotatable bonds is 2. The molecule has 3 heterocycles. The molecule has 0 radical (unpaired) electrons. The van der Waals surface area contributed by atoms with Crippen molar-refractivity contribution in [2.24, 2.45) is 5.41 Å². The van der Waals surface area contributed by atoms with E-state index in [-0.39, 0.29) is 6.04 Å². The fourth-order valence-corrected chi connectivity index (χ4v) is 4.00. The lowest BCUT2D eigenvalue weighted by Gasteiger charge is -2.52. The Morgan fingerprint density at radius 2 is 2.14 bits per heavy atom. The smallest absolute Gasteiger partial charge is 0.311 e. The van der Waals surface area contributed by atoms with E-state index in [0.717, 1.165) is 43.1 Å². The summed E-state index contributed by atoms with van der Waals surface area (Å²) >= 11 is 0. The number of hydrogen-bond donors (Lipinski definition) is 1. The van der Waals surface area contributed by atoms with E-state index >= 15 is 0 Å². The van der Waals surface area contributed by atoms with Crippen molar-refractivity contribution < 1.29 is 9.90 Å². The van der Waals surface area contributed by atoms with Crippen LogP contribution in [0.4, 0.5) is 5.82 Å². The van der Waals surface area contributed by atoms with Gasteiger partial charge in [-0.2, -0.15) is 0 Å². The number of likely N-dealkylation sites (tertiary alicyclic amines) is 1. The number of hydrogen-bond acceptors (Lipinski definition) is 5. The van der Waals surface area contributed by atoms with Crippen LogP contribution in [0.25, 0.3) is 0 Å². The Hall–Kier alpha value is -1.69. The van der Waals surface area contributed by atoms with E-state index < -0.39 is 11.4 Å². The Kier molecular flexibility index (Phi) is 3.80. The van der Waals surface area contributed by atoms with E-state index in [2.05, 4.69) is 19.8 Å². The summed E-state index contributed by atoms with van der Waals surface area (Å²) in [7, 11) is 2.04. The predicted octanol–water partition coefficient (Wildman–Crippen LogP) is 1.47. The minimum absolute atomic E-state index is 0.0363. The standard InChI is InChI=1S/C16H24N4O2/c1-11-9-17-12(2)14(18-11)20-8-6-16(15(21)22)5-4-7-19(3)13(16)10-20/h9,13H,4-8,10H2,1-3H3,(H,21,22)/t13-,16+/m1/s1. The molecule has 3 rings (SSSR count). The van der Waals surface area contributed by atoms with E-state index in [9.17, 15) is 9.90 Å². The van der Waals surface area contributed by atoms with Crippen molar-refractivity contribution in [3.05, 3.63) is 17.6 Å². The molecule has 0 bridgehead atoms. The lowest BCUT2D eigenvalue weighted by atomic mass is 9.68. The molecule has 6 heteroatoms. The molecule has 0 aromatic carbocycles. The zero-order chi connectivity index (χ0) is 15.9. The minimum atomic E-state index is -0.643. The number of aliphatic carboxylic acids is 1. The minimum Gasteiger partial charge on any atom is -0.481 e.